The lowest BCUT2D eigenvalue weighted by atomic mass is 10.0. The average Bonchev–Trinajstić information content (AvgIpc) is 2.42. The van der Waals surface area contributed by atoms with E-state index in [1.165, 1.54) is 5.56 Å². The zero-order valence-corrected chi connectivity index (χ0v) is 13.8. The van der Waals surface area contributed by atoms with E-state index < -0.39 is 0 Å². The molecule has 0 aliphatic rings. The molecule has 0 aliphatic carbocycles. The molecule has 20 heavy (non-hydrogen) atoms. The van der Waals surface area contributed by atoms with Gasteiger partial charge in [0.25, 0.3) is 0 Å². The number of hydrogen-bond acceptors (Lipinski definition) is 3. The van der Waals surface area contributed by atoms with Crippen LogP contribution in [0.5, 0.6) is 0 Å². The fourth-order valence-electron chi connectivity index (χ4n) is 2.49. The Hall–Kier alpha value is -0.770. The van der Waals surface area contributed by atoms with E-state index in [9.17, 15) is 0 Å². The summed E-state index contributed by atoms with van der Waals surface area (Å²) in [5.74, 6) is 0. The molecule has 114 valence electrons. The molecule has 1 rings (SSSR count). The van der Waals surface area contributed by atoms with Gasteiger partial charge in [-0.25, -0.2) is 0 Å². The topological polar surface area (TPSA) is 38.5 Å². The number of nitrogens with two attached hydrogens (primary N) is 1. The molecule has 2 unspecified atom stereocenters. The first kappa shape index (κ1) is 17.3. The molecule has 1 aromatic carbocycles. The molecule has 0 heterocycles. The Kier molecular flexibility index (Phi) is 7.35. The Balaban J connectivity index is 3.12. The maximum Gasteiger partial charge on any atom is 0.0663 e. The SMILES string of the molecule is CCC(N)Cc1cccc(Cl)c1N(CC)C(C)COC. The van der Waals surface area contributed by atoms with Crippen molar-refractivity contribution in [2.75, 3.05) is 25.2 Å². The van der Waals surface area contributed by atoms with Crippen molar-refractivity contribution in [3.8, 4) is 0 Å². The second-order valence-corrected chi connectivity index (χ2v) is 5.62. The number of hydrogen-bond donors (Lipinski definition) is 1. The minimum absolute atomic E-state index is 0.170. The van der Waals surface area contributed by atoms with Crippen LogP contribution in [0.15, 0.2) is 18.2 Å². The van der Waals surface area contributed by atoms with E-state index in [1.807, 2.05) is 12.1 Å². The highest BCUT2D eigenvalue weighted by atomic mass is 35.5. The van der Waals surface area contributed by atoms with E-state index in [4.69, 9.17) is 22.1 Å². The summed E-state index contributed by atoms with van der Waals surface area (Å²) >= 11 is 6.45. The highest BCUT2D eigenvalue weighted by Gasteiger charge is 2.19. The molecule has 1 aromatic rings. The molecule has 0 saturated heterocycles. The Labute approximate surface area is 128 Å². The van der Waals surface area contributed by atoms with Gasteiger partial charge in [-0.05, 0) is 38.3 Å². The van der Waals surface area contributed by atoms with E-state index in [1.54, 1.807) is 7.11 Å². The molecule has 4 heteroatoms. The normalized spacial score (nSPS) is 14.1. The molecule has 2 N–H and O–H groups in total. The Morgan fingerprint density at radius 1 is 1.35 bits per heavy atom. The number of para-hydroxylation sites is 1. The summed E-state index contributed by atoms with van der Waals surface area (Å²) in [5, 5.41) is 0.788. The summed E-state index contributed by atoms with van der Waals surface area (Å²) in [7, 11) is 1.73. The molecule has 3 nitrogen and oxygen atoms in total. The Morgan fingerprint density at radius 2 is 2.05 bits per heavy atom. The largest absolute Gasteiger partial charge is 0.383 e. The predicted molar refractivity (Wildman–Crippen MR) is 87.8 cm³/mol. The number of rotatable bonds is 8. The van der Waals surface area contributed by atoms with Crippen molar-refractivity contribution in [1.82, 2.24) is 0 Å². The summed E-state index contributed by atoms with van der Waals surface area (Å²) in [6.07, 6.45) is 1.81. The lowest BCUT2D eigenvalue weighted by molar-refractivity contribution is 0.182. The minimum atomic E-state index is 0.170. The molecular formula is C16H27ClN2O. The summed E-state index contributed by atoms with van der Waals surface area (Å²) in [6, 6.07) is 6.52. The molecule has 0 fully saturated rings. The number of benzene rings is 1. The van der Waals surface area contributed by atoms with Crippen LogP contribution in [-0.2, 0) is 11.2 Å². The van der Waals surface area contributed by atoms with Gasteiger partial charge in [-0.3, -0.25) is 0 Å². The molecule has 0 aliphatic heterocycles. The first-order valence-corrected chi connectivity index (χ1v) is 7.71. The zero-order valence-electron chi connectivity index (χ0n) is 13.0. The first-order chi connectivity index (χ1) is 9.54. The predicted octanol–water partition coefficient (Wildman–Crippen LogP) is 3.48. The first-order valence-electron chi connectivity index (χ1n) is 7.33. The van der Waals surface area contributed by atoms with Crippen LogP contribution in [0.25, 0.3) is 0 Å². The Morgan fingerprint density at radius 3 is 2.60 bits per heavy atom. The smallest absolute Gasteiger partial charge is 0.0663 e. The summed E-state index contributed by atoms with van der Waals surface area (Å²) in [6.45, 7) is 7.97. The van der Waals surface area contributed by atoms with Gasteiger partial charge in [-0.2, -0.15) is 0 Å². The lowest BCUT2D eigenvalue weighted by Gasteiger charge is -2.32. The van der Waals surface area contributed by atoms with Gasteiger partial charge in [0.1, 0.15) is 0 Å². The third kappa shape index (κ3) is 4.37. The van der Waals surface area contributed by atoms with Crippen molar-refractivity contribution in [3.05, 3.63) is 28.8 Å². The van der Waals surface area contributed by atoms with Crippen LogP contribution >= 0.6 is 11.6 Å². The van der Waals surface area contributed by atoms with Gasteiger partial charge in [0.05, 0.1) is 17.3 Å². The molecule has 0 bridgehead atoms. The lowest BCUT2D eigenvalue weighted by Crippen LogP contribution is -2.37. The fraction of sp³-hybridized carbons (Fsp3) is 0.625. The molecule has 0 spiro atoms. The number of ether oxygens (including phenoxy) is 1. The number of anilines is 1. The maximum absolute atomic E-state index is 6.45. The minimum Gasteiger partial charge on any atom is -0.383 e. The standard InChI is InChI=1S/C16H27ClN2O/c1-5-14(18)10-13-8-7-9-15(17)16(13)19(6-2)12(3)11-20-4/h7-9,12,14H,5-6,10-11,18H2,1-4H3. The van der Waals surface area contributed by atoms with Gasteiger partial charge in [-0.1, -0.05) is 30.7 Å². The molecule has 0 aromatic heterocycles. The van der Waals surface area contributed by atoms with Gasteiger partial charge >= 0.3 is 0 Å². The maximum atomic E-state index is 6.45. The van der Waals surface area contributed by atoms with Gasteiger partial charge < -0.3 is 15.4 Å². The van der Waals surface area contributed by atoms with E-state index >= 15 is 0 Å². The van der Waals surface area contributed by atoms with E-state index in [0.717, 1.165) is 30.1 Å². The van der Waals surface area contributed by atoms with E-state index in [-0.39, 0.29) is 12.1 Å². The fourth-order valence-corrected chi connectivity index (χ4v) is 2.80. The van der Waals surface area contributed by atoms with Crippen molar-refractivity contribution in [2.24, 2.45) is 5.73 Å². The second-order valence-electron chi connectivity index (χ2n) is 5.21. The highest BCUT2D eigenvalue weighted by Crippen LogP contribution is 2.32. The van der Waals surface area contributed by atoms with Crippen LogP contribution in [0.4, 0.5) is 5.69 Å². The van der Waals surface area contributed by atoms with Crippen molar-refractivity contribution >= 4 is 17.3 Å². The van der Waals surface area contributed by atoms with Crippen LogP contribution < -0.4 is 10.6 Å². The van der Waals surface area contributed by atoms with Crippen molar-refractivity contribution in [3.63, 3.8) is 0 Å². The van der Waals surface area contributed by atoms with Gasteiger partial charge in [0, 0.05) is 25.7 Å². The van der Waals surface area contributed by atoms with Crippen LogP contribution in [0, 0.1) is 0 Å². The molecule has 2 atom stereocenters. The van der Waals surface area contributed by atoms with E-state index in [2.05, 4.69) is 31.7 Å². The van der Waals surface area contributed by atoms with Crippen LogP contribution in [0.1, 0.15) is 32.8 Å². The van der Waals surface area contributed by atoms with Gasteiger partial charge in [0.15, 0.2) is 0 Å². The van der Waals surface area contributed by atoms with Crippen molar-refractivity contribution < 1.29 is 4.74 Å². The number of halogens is 1. The third-order valence-corrected chi connectivity index (χ3v) is 3.95. The molecule has 0 radical (unpaired) electrons. The molecule has 0 saturated carbocycles. The van der Waals surface area contributed by atoms with E-state index in [0.29, 0.717) is 6.61 Å². The second kappa shape index (κ2) is 8.50. The van der Waals surface area contributed by atoms with Crippen LogP contribution in [0.3, 0.4) is 0 Å². The van der Waals surface area contributed by atoms with Crippen molar-refractivity contribution in [1.29, 1.82) is 0 Å². The third-order valence-electron chi connectivity index (χ3n) is 3.64. The van der Waals surface area contributed by atoms with Crippen LogP contribution in [0.2, 0.25) is 5.02 Å². The zero-order chi connectivity index (χ0) is 15.1. The highest BCUT2D eigenvalue weighted by molar-refractivity contribution is 6.33. The number of likely N-dealkylation sites (N-methyl/N-ethyl adjacent to an activating group) is 1. The molecule has 0 amide bonds. The van der Waals surface area contributed by atoms with Gasteiger partial charge in [-0.15, -0.1) is 0 Å². The summed E-state index contributed by atoms with van der Waals surface area (Å²) in [5.41, 5.74) is 8.44. The number of nitrogens with zero attached hydrogens (tertiary/aromatic N) is 1. The molecular weight excluding hydrogens is 272 g/mol. The van der Waals surface area contributed by atoms with Crippen molar-refractivity contribution in [2.45, 2.75) is 45.7 Å². The number of methoxy groups -OCH3 is 1. The Bertz CT molecular complexity index is 411. The average molecular weight is 299 g/mol. The summed E-state index contributed by atoms with van der Waals surface area (Å²) in [4.78, 5) is 2.30. The quantitative estimate of drug-likeness (QED) is 0.798. The monoisotopic (exact) mass is 298 g/mol. The van der Waals surface area contributed by atoms with Gasteiger partial charge in [0.2, 0.25) is 0 Å². The van der Waals surface area contributed by atoms with Crippen LogP contribution in [-0.4, -0.2) is 32.3 Å². The summed E-state index contributed by atoms with van der Waals surface area (Å²) < 4.78 is 5.28.